The molecule has 248 valence electrons. The van der Waals surface area contributed by atoms with E-state index in [9.17, 15) is 14.4 Å². The second-order valence-corrected chi connectivity index (χ2v) is 16.7. The molecule has 7 atom stereocenters. The van der Waals surface area contributed by atoms with Crippen molar-refractivity contribution in [2.24, 2.45) is 40.4 Å². The first kappa shape index (κ1) is 32.4. The quantitative estimate of drug-likeness (QED) is 0.165. The van der Waals surface area contributed by atoms with Crippen LogP contribution in [0.1, 0.15) is 125 Å². The average Bonchev–Trinajstić information content (AvgIpc) is 3.34. The van der Waals surface area contributed by atoms with Crippen molar-refractivity contribution in [2.75, 3.05) is 19.8 Å². The van der Waals surface area contributed by atoms with Crippen LogP contribution in [0.3, 0.4) is 0 Å². The van der Waals surface area contributed by atoms with Crippen LogP contribution in [0, 0.1) is 40.4 Å². The summed E-state index contributed by atoms with van der Waals surface area (Å²) >= 11 is 0. The van der Waals surface area contributed by atoms with Crippen molar-refractivity contribution in [2.45, 2.75) is 148 Å². The molecular formula is C36H57NO7. The summed E-state index contributed by atoms with van der Waals surface area (Å²) in [6, 6.07) is 0. The van der Waals surface area contributed by atoms with Crippen LogP contribution in [0.5, 0.6) is 0 Å². The van der Waals surface area contributed by atoms with Gasteiger partial charge in [-0.3, -0.25) is 9.59 Å². The van der Waals surface area contributed by atoms with Crippen LogP contribution in [-0.4, -0.2) is 61.0 Å². The molecule has 6 fully saturated rings. The van der Waals surface area contributed by atoms with Crippen LogP contribution < -0.4 is 5.32 Å². The van der Waals surface area contributed by atoms with Gasteiger partial charge in [0.2, 0.25) is 5.91 Å². The second-order valence-electron chi connectivity index (χ2n) is 16.7. The summed E-state index contributed by atoms with van der Waals surface area (Å²) in [4.78, 5) is 36.7. The Morgan fingerprint density at radius 3 is 2.32 bits per heavy atom. The molecule has 3 bridgehead atoms. The zero-order valence-corrected chi connectivity index (χ0v) is 27.9. The molecule has 5 saturated carbocycles. The summed E-state index contributed by atoms with van der Waals surface area (Å²) in [5.41, 5.74) is -0.446. The van der Waals surface area contributed by atoms with Crippen molar-refractivity contribution in [3.8, 4) is 0 Å². The van der Waals surface area contributed by atoms with E-state index < -0.39 is 16.8 Å². The zero-order valence-electron chi connectivity index (χ0n) is 27.9. The Hall–Kier alpha value is -1.51. The zero-order chi connectivity index (χ0) is 31.4. The minimum atomic E-state index is -0.902. The van der Waals surface area contributed by atoms with Crippen LogP contribution in [-0.2, 0) is 33.3 Å². The van der Waals surface area contributed by atoms with Crippen LogP contribution in [0.25, 0.3) is 0 Å². The lowest BCUT2D eigenvalue weighted by molar-refractivity contribution is -0.454. The summed E-state index contributed by atoms with van der Waals surface area (Å²) in [6.45, 7) is 11.1. The Labute approximate surface area is 264 Å². The lowest BCUT2D eigenvalue weighted by Gasteiger charge is -2.73. The van der Waals surface area contributed by atoms with Crippen LogP contribution in [0.15, 0.2) is 0 Å². The first-order chi connectivity index (χ1) is 20.9. The molecule has 1 amide bonds. The van der Waals surface area contributed by atoms with E-state index in [1.54, 1.807) is 0 Å². The standard InChI is InChI=1S/C36H57NO7/c1-6-7-31(40)41-16-14-35(11-10-30(39)37-15-12-33(4,5)42-17-13-32(2,3)23-38)43-27-9-8-26(27)36(44-35)28-19-24-18-25-20-29(36)34(28,21-24)22-25/h23-29H,6-22H2,1-5H3,(H,37,39). The fourth-order valence-corrected chi connectivity index (χ4v) is 10.6. The summed E-state index contributed by atoms with van der Waals surface area (Å²) < 4.78 is 25.9. The number of nitrogens with one attached hydrogen (secondary N) is 1. The highest BCUT2D eigenvalue weighted by molar-refractivity contribution is 5.75. The molecule has 44 heavy (non-hydrogen) atoms. The topological polar surface area (TPSA) is 100 Å². The van der Waals surface area contributed by atoms with Crippen LogP contribution in [0.4, 0.5) is 0 Å². The molecule has 1 aliphatic heterocycles. The Balaban J connectivity index is 1.09. The predicted molar refractivity (Wildman–Crippen MR) is 165 cm³/mol. The van der Waals surface area contributed by atoms with Crippen LogP contribution in [0.2, 0.25) is 0 Å². The van der Waals surface area contributed by atoms with Gasteiger partial charge in [0.15, 0.2) is 5.79 Å². The largest absolute Gasteiger partial charge is 0.465 e. The number of esters is 1. The average molecular weight is 616 g/mol. The molecule has 8 nitrogen and oxygen atoms in total. The minimum absolute atomic E-state index is 0.0202. The molecule has 1 heterocycles. The van der Waals surface area contributed by atoms with Crippen molar-refractivity contribution < 1.29 is 33.3 Å². The van der Waals surface area contributed by atoms with Gasteiger partial charge in [-0.25, -0.2) is 0 Å². The predicted octanol–water partition coefficient (Wildman–Crippen LogP) is 6.13. The van der Waals surface area contributed by atoms with E-state index in [1.807, 2.05) is 34.6 Å². The van der Waals surface area contributed by atoms with E-state index in [-0.39, 0.29) is 30.2 Å². The van der Waals surface area contributed by atoms with Gasteiger partial charge in [-0.05, 0) is 107 Å². The highest BCUT2D eigenvalue weighted by Gasteiger charge is 2.83. The summed E-state index contributed by atoms with van der Waals surface area (Å²) in [7, 11) is 0. The Morgan fingerprint density at radius 2 is 1.68 bits per heavy atom. The van der Waals surface area contributed by atoms with E-state index in [1.165, 1.54) is 38.5 Å². The van der Waals surface area contributed by atoms with E-state index in [4.69, 9.17) is 18.9 Å². The van der Waals surface area contributed by atoms with Gasteiger partial charge in [0.05, 0.1) is 23.9 Å². The first-order valence-electron chi connectivity index (χ1n) is 17.8. The van der Waals surface area contributed by atoms with E-state index in [0.29, 0.717) is 74.8 Å². The Morgan fingerprint density at radius 1 is 0.955 bits per heavy atom. The van der Waals surface area contributed by atoms with E-state index in [2.05, 4.69) is 5.32 Å². The third kappa shape index (κ3) is 5.78. The minimum Gasteiger partial charge on any atom is -0.465 e. The van der Waals surface area contributed by atoms with Gasteiger partial charge in [0.25, 0.3) is 0 Å². The molecule has 0 radical (unpaired) electrons. The van der Waals surface area contributed by atoms with Gasteiger partial charge in [0, 0.05) is 50.2 Å². The SMILES string of the molecule is CCCC(=O)OCCC1(CCC(=O)NCCC(C)(C)OCCC(C)(C)C=O)OC2CCC2C2(O1)C1CC3CC4CC2C1(C3)C4. The van der Waals surface area contributed by atoms with Gasteiger partial charge in [-0.1, -0.05) is 20.8 Å². The van der Waals surface area contributed by atoms with Gasteiger partial charge in [-0.15, -0.1) is 0 Å². The summed E-state index contributed by atoms with van der Waals surface area (Å²) in [5.74, 6) is 2.30. The summed E-state index contributed by atoms with van der Waals surface area (Å²) in [6.07, 6.45) is 13.9. The van der Waals surface area contributed by atoms with E-state index in [0.717, 1.165) is 31.0 Å². The molecule has 0 aromatic carbocycles. The maximum absolute atomic E-state index is 13.2. The van der Waals surface area contributed by atoms with E-state index >= 15 is 0 Å². The van der Waals surface area contributed by atoms with Gasteiger partial charge in [-0.2, -0.15) is 0 Å². The molecule has 2 spiro atoms. The van der Waals surface area contributed by atoms with Crippen molar-refractivity contribution in [3.63, 3.8) is 0 Å². The maximum Gasteiger partial charge on any atom is 0.305 e. The first-order valence-corrected chi connectivity index (χ1v) is 17.8. The molecule has 1 N–H and O–H groups in total. The van der Waals surface area contributed by atoms with Crippen molar-refractivity contribution >= 4 is 18.2 Å². The molecule has 0 aromatic heterocycles. The fourth-order valence-electron chi connectivity index (χ4n) is 10.6. The lowest BCUT2D eigenvalue weighted by Crippen LogP contribution is -2.78. The molecule has 5 aliphatic carbocycles. The smallest absolute Gasteiger partial charge is 0.305 e. The molecule has 1 saturated heterocycles. The number of fused-ring (bicyclic) bond motifs is 6. The summed E-state index contributed by atoms with van der Waals surface area (Å²) in [5, 5.41) is 3.10. The fraction of sp³-hybridized carbons (Fsp3) is 0.917. The molecular weight excluding hydrogens is 558 g/mol. The third-order valence-corrected chi connectivity index (χ3v) is 12.7. The number of amides is 1. The van der Waals surface area contributed by atoms with Crippen LogP contribution >= 0.6 is 0 Å². The molecule has 6 aliphatic rings. The second kappa shape index (κ2) is 11.9. The number of hydrogen-bond acceptors (Lipinski definition) is 7. The number of rotatable bonds is 16. The molecule has 7 unspecified atom stereocenters. The van der Waals surface area contributed by atoms with Gasteiger partial charge >= 0.3 is 5.97 Å². The van der Waals surface area contributed by atoms with Gasteiger partial charge in [0.1, 0.15) is 6.29 Å². The number of ether oxygens (including phenoxy) is 4. The number of carbonyl (C=O) groups excluding carboxylic acids is 3. The molecule has 8 heteroatoms. The lowest BCUT2D eigenvalue weighted by atomic mass is 9.40. The molecule has 0 aromatic rings. The Kier molecular flexibility index (Phi) is 8.80. The monoisotopic (exact) mass is 615 g/mol. The number of carbonyl (C=O) groups is 3. The van der Waals surface area contributed by atoms with Crippen molar-refractivity contribution in [1.82, 2.24) is 5.32 Å². The third-order valence-electron chi connectivity index (χ3n) is 12.7. The highest BCUT2D eigenvalue weighted by atomic mass is 16.7. The number of aldehydes is 1. The maximum atomic E-state index is 13.2. The van der Waals surface area contributed by atoms with Crippen molar-refractivity contribution in [1.29, 1.82) is 0 Å². The normalized spacial score (nSPS) is 39.8. The molecule has 6 rings (SSSR count). The number of hydrogen-bond donors (Lipinski definition) is 1. The highest BCUT2D eigenvalue weighted by Crippen LogP contribution is 2.83. The van der Waals surface area contributed by atoms with Crippen molar-refractivity contribution in [3.05, 3.63) is 0 Å². The van der Waals surface area contributed by atoms with Gasteiger partial charge < -0.3 is 29.1 Å². The Bertz CT molecular complexity index is 1080.